The second kappa shape index (κ2) is 9.74. The van der Waals surface area contributed by atoms with Gasteiger partial charge in [-0.15, -0.1) is 0 Å². The number of nitrogens with one attached hydrogen (secondary N) is 1. The Morgan fingerprint density at radius 3 is 2.57 bits per heavy atom. The van der Waals surface area contributed by atoms with Crippen LogP contribution in [0, 0.1) is 9.39 Å². The molecule has 11 heteroatoms. The summed E-state index contributed by atoms with van der Waals surface area (Å²) in [5.41, 5.74) is 2.57. The Morgan fingerprint density at radius 2 is 1.80 bits per heavy atom. The van der Waals surface area contributed by atoms with Crippen molar-refractivity contribution in [1.29, 1.82) is 0 Å². The summed E-state index contributed by atoms with van der Waals surface area (Å²) >= 11 is 2.14. The molecule has 0 atom stereocenters. The number of aromatic nitrogens is 4. The number of imidazole rings is 1. The van der Waals surface area contributed by atoms with Gasteiger partial charge in [-0.2, -0.15) is 4.98 Å². The largest absolute Gasteiger partial charge is 0.432 e. The molecule has 3 heterocycles. The summed E-state index contributed by atoms with van der Waals surface area (Å²) in [4.78, 5) is 13.7. The van der Waals surface area contributed by atoms with Crippen LogP contribution in [0.3, 0.4) is 0 Å². The topological polar surface area (TPSA) is 102 Å². The fraction of sp³-hybridized carbons (Fsp3) is 0.125. The summed E-state index contributed by atoms with van der Waals surface area (Å²) in [6.45, 7) is 0.380. The van der Waals surface area contributed by atoms with Crippen molar-refractivity contribution in [2.45, 2.75) is 11.3 Å². The molecule has 0 amide bonds. The van der Waals surface area contributed by atoms with E-state index < -0.39 is 9.84 Å². The predicted octanol–water partition coefficient (Wildman–Crippen LogP) is 5.07. The summed E-state index contributed by atoms with van der Waals surface area (Å²) in [7, 11) is -3.37. The Hall–Kier alpha value is -3.32. The third kappa shape index (κ3) is 5.05. The number of benzene rings is 2. The first-order valence-electron chi connectivity index (χ1n) is 10.7. The smallest absolute Gasteiger partial charge is 0.306 e. The Kier molecular flexibility index (Phi) is 6.52. The standard InChI is InChI=1S/C24H19FIN5O3S/c25-17-4-2-16(3-5-17)21-22(31-13-14-34-24(31)30-21)20-10-12-28-23(29-20)27-11-1-15-35(32,33)19-8-6-18(26)7-9-19/h2-10,12-14H,1,11,15H2,(H,27,28,29). The summed E-state index contributed by atoms with van der Waals surface area (Å²) in [6.07, 6.45) is 5.26. The van der Waals surface area contributed by atoms with Gasteiger partial charge in [-0.3, -0.25) is 4.40 Å². The van der Waals surface area contributed by atoms with Crippen LogP contribution >= 0.6 is 22.6 Å². The van der Waals surface area contributed by atoms with Gasteiger partial charge in [0.05, 0.1) is 16.3 Å². The zero-order chi connectivity index (χ0) is 24.4. The van der Waals surface area contributed by atoms with Gasteiger partial charge in [0.1, 0.15) is 23.5 Å². The van der Waals surface area contributed by atoms with Crippen LogP contribution in [0.25, 0.3) is 28.5 Å². The van der Waals surface area contributed by atoms with E-state index in [0.29, 0.717) is 52.3 Å². The fourth-order valence-electron chi connectivity index (χ4n) is 3.64. The highest BCUT2D eigenvalue weighted by atomic mass is 127. The Balaban J connectivity index is 1.33. The third-order valence-electron chi connectivity index (χ3n) is 5.32. The number of oxazole rings is 1. The molecule has 1 N–H and O–H groups in total. The van der Waals surface area contributed by atoms with Crippen LogP contribution < -0.4 is 5.32 Å². The highest BCUT2D eigenvalue weighted by Crippen LogP contribution is 2.32. The molecule has 3 aromatic heterocycles. The van der Waals surface area contributed by atoms with Gasteiger partial charge in [-0.1, -0.05) is 0 Å². The van der Waals surface area contributed by atoms with Crippen molar-refractivity contribution >= 4 is 44.2 Å². The van der Waals surface area contributed by atoms with E-state index in [0.717, 1.165) is 3.57 Å². The van der Waals surface area contributed by atoms with E-state index in [1.165, 1.54) is 18.4 Å². The molecular weight excluding hydrogens is 584 g/mol. The van der Waals surface area contributed by atoms with Crippen LogP contribution in [0.2, 0.25) is 0 Å². The molecule has 0 radical (unpaired) electrons. The Labute approximate surface area is 214 Å². The number of anilines is 1. The number of nitrogens with zero attached hydrogens (tertiary/aromatic N) is 4. The molecule has 0 saturated carbocycles. The lowest BCUT2D eigenvalue weighted by Crippen LogP contribution is -2.13. The SMILES string of the molecule is O=S(=O)(CCCNc1nccc(-c2c(-c3ccc(F)cc3)nc3occn23)n1)c1ccc(I)cc1. The minimum atomic E-state index is -3.37. The molecule has 2 aromatic carbocycles. The number of halogens is 2. The van der Waals surface area contributed by atoms with Crippen molar-refractivity contribution in [3.05, 3.63) is 82.6 Å². The summed E-state index contributed by atoms with van der Waals surface area (Å²) < 4.78 is 46.7. The number of fused-ring (bicyclic) bond motifs is 1. The van der Waals surface area contributed by atoms with Gasteiger partial charge < -0.3 is 9.73 Å². The molecule has 178 valence electrons. The van der Waals surface area contributed by atoms with Gasteiger partial charge in [0.15, 0.2) is 9.84 Å². The lowest BCUT2D eigenvalue weighted by Gasteiger charge is -2.08. The number of hydrogen-bond acceptors (Lipinski definition) is 7. The average Bonchev–Trinajstić information content (AvgIpc) is 3.44. The zero-order valence-corrected chi connectivity index (χ0v) is 21.2. The van der Waals surface area contributed by atoms with Gasteiger partial charge in [0, 0.05) is 28.1 Å². The number of hydrogen-bond donors (Lipinski definition) is 1. The summed E-state index contributed by atoms with van der Waals surface area (Å²) in [5, 5.41) is 3.10. The highest BCUT2D eigenvalue weighted by Gasteiger charge is 2.19. The normalized spacial score (nSPS) is 11.7. The van der Waals surface area contributed by atoms with Crippen molar-refractivity contribution in [2.75, 3.05) is 17.6 Å². The van der Waals surface area contributed by atoms with Crippen molar-refractivity contribution in [2.24, 2.45) is 0 Å². The van der Waals surface area contributed by atoms with Crippen molar-refractivity contribution in [1.82, 2.24) is 19.4 Å². The first-order valence-corrected chi connectivity index (χ1v) is 13.4. The highest BCUT2D eigenvalue weighted by molar-refractivity contribution is 14.1. The van der Waals surface area contributed by atoms with E-state index >= 15 is 0 Å². The van der Waals surface area contributed by atoms with E-state index in [4.69, 9.17) is 4.42 Å². The van der Waals surface area contributed by atoms with E-state index in [9.17, 15) is 12.8 Å². The molecule has 5 aromatic rings. The molecule has 8 nitrogen and oxygen atoms in total. The monoisotopic (exact) mass is 603 g/mol. The Bertz CT molecular complexity index is 1580. The van der Waals surface area contributed by atoms with Gasteiger partial charge in [-0.25, -0.2) is 22.8 Å². The van der Waals surface area contributed by atoms with Gasteiger partial charge >= 0.3 is 5.84 Å². The molecule has 0 aliphatic heterocycles. The van der Waals surface area contributed by atoms with E-state index in [1.54, 1.807) is 59.3 Å². The van der Waals surface area contributed by atoms with Crippen molar-refractivity contribution < 1.29 is 17.2 Å². The van der Waals surface area contributed by atoms with Crippen LogP contribution in [0.4, 0.5) is 10.3 Å². The molecule has 0 bridgehead atoms. The molecule has 0 spiro atoms. The first kappa shape index (κ1) is 23.4. The lowest BCUT2D eigenvalue weighted by molar-refractivity contribution is 0.593. The summed E-state index contributed by atoms with van der Waals surface area (Å²) in [6, 6.07) is 14.6. The first-order chi connectivity index (χ1) is 16.9. The molecule has 5 rings (SSSR count). The van der Waals surface area contributed by atoms with Gasteiger partial charge in [0.2, 0.25) is 5.95 Å². The van der Waals surface area contributed by atoms with Crippen molar-refractivity contribution in [3.63, 3.8) is 0 Å². The molecule has 0 unspecified atom stereocenters. The minimum absolute atomic E-state index is 0.00720. The maximum atomic E-state index is 13.4. The van der Waals surface area contributed by atoms with Crippen LogP contribution in [-0.2, 0) is 9.84 Å². The molecule has 0 fully saturated rings. The molecule has 0 saturated heterocycles. The molecule has 35 heavy (non-hydrogen) atoms. The second-order valence-corrected chi connectivity index (χ2v) is 11.0. The van der Waals surface area contributed by atoms with E-state index in [1.807, 2.05) is 0 Å². The molecule has 0 aliphatic carbocycles. The molecule has 0 aliphatic rings. The third-order valence-corrected chi connectivity index (χ3v) is 7.86. The minimum Gasteiger partial charge on any atom is -0.432 e. The summed E-state index contributed by atoms with van der Waals surface area (Å²) in [5.74, 6) is 0.412. The van der Waals surface area contributed by atoms with Crippen LogP contribution in [0.1, 0.15) is 6.42 Å². The van der Waals surface area contributed by atoms with E-state index in [2.05, 4.69) is 42.9 Å². The van der Waals surface area contributed by atoms with Gasteiger partial charge in [-0.05, 0) is 83.6 Å². The van der Waals surface area contributed by atoms with Crippen LogP contribution in [0.15, 0.2) is 82.6 Å². The lowest BCUT2D eigenvalue weighted by atomic mass is 10.1. The average molecular weight is 603 g/mol. The molecular formula is C24H19FIN5O3S. The predicted molar refractivity (Wildman–Crippen MR) is 138 cm³/mol. The number of sulfone groups is 1. The fourth-order valence-corrected chi connectivity index (χ4v) is 5.31. The van der Waals surface area contributed by atoms with Gasteiger partial charge in [0.25, 0.3) is 0 Å². The zero-order valence-electron chi connectivity index (χ0n) is 18.2. The van der Waals surface area contributed by atoms with Crippen LogP contribution in [-0.4, -0.2) is 40.1 Å². The van der Waals surface area contributed by atoms with Crippen LogP contribution in [0.5, 0.6) is 0 Å². The maximum absolute atomic E-state index is 13.4. The quantitative estimate of drug-likeness (QED) is 0.195. The Morgan fingerprint density at radius 1 is 1.03 bits per heavy atom. The second-order valence-electron chi connectivity index (χ2n) is 7.69. The maximum Gasteiger partial charge on any atom is 0.306 e. The number of rotatable bonds is 8. The van der Waals surface area contributed by atoms with E-state index in [-0.39, 0.29) is 11.6 Å². The van der Waals surface area contributed by atoms with Crippen molar-refractivity contribution in [3.8, 4) is 22.6 Å².